The van der Waals surface area contributed by atoms with Gasteiger partial charge in [-0.15, -0.1) is 11.3 Å². The Morgan fingerprint density at radius 1 is 1.40 bits per heavy atom. The molecule has 1 atom stereocenters. The predicted molar refractivity (Wildman–Crippen MR) is 83.3 cm³/mol. The third kappa shape index (κ3) is 3.31. The lowest BCUT2D eigenvalue weighted by Crippen LogP contribution is -2.10. The summed E-state index contributed by atoms with van der Waals surface area (Å²) in [6.07, 6.45) is 2.12. The van der Waals surface area contributed by atoms with E-state index in [1.165, 1.54) is 4.88 Å². The smallest absolute Gasteiger partial charge is 0.121 e. The van der Waals surface area contributed by atoms with Crippen LogP contribution in [0.5, 0.6) is 5.75 Å². The Morgan fingerprint density at radius 2 is 2.25 bits per heavy atom. The Balaban J connectivity index is 2.28. The fourth-order valence-electron chi connectivity index (χ4n) is 2.12. The van der Waals surface area contributed by atoms with Crippen molar-refractivity contribution in [3.05, 3.63) is 46.2 Å². The van der Waals surface area contributed by atoms with Crippen LogP contribution in [0.15, 0.2) is 35.7 Å². The summed E-state index contributed by atoms with van der Waals surface area (Å²) in [4.78, 5) is 1.29. The highest BCUT2D eigenvalue weighted by atomic mass is 32.1. The summed E-state index contributed by atoms with van der Waals surface area (Å²) >= 11 is 1.74. The van der Waals surface area contributed by atoms with Gasteiger partial charge in [-0.1, -0.05) is 19.4 Å². The van der Waals surface area contributed by atoms with Gasteiger partial charge in [0.2, 0.25) is 0 Å². The highest BCUT2D eigenvalue weighted by molar-refractivity contribution is 7.10. The van der Waals surface area contributed by atoms with Crippen molar-refractivity contribution in [1.29, 1.82) is 5.26 Å². The third-order valence-electron chi connectivity index (χ3n) is 3.14. The Bertz CT molecular complexity index is 587. The van der Waals surface area contributed by atoms with E-state index < -0.39 is 0 Å². The summed E-state index contributed by atoms with van der Waals surface area (Å²) in [5.74, 6) is 0.757. The first-order valence-corrected chi connectivity index (χ1v) is 7.54. The Kier molecular flexibility index (Phi) is 5.03. The van der Waals surface area contributed by atoms with Gasteiger partial charge in [-0.3, -0.25) is 0 Å². The van der Waals surface area contributed by atoms with Gasteiger partial charge >= 0.3 is 0 Å². The van der Waals surface area contributed by atoms with E-state index in [0.717, 1.165) is 24.3 Å². The van der Waals surface area contributed by atoms with E-state index in [1.54, 1.807) is 24.5 Å². The molecule has 0 radical (unpaired) electrons. The first-order chi connectivity index (χ1) is 9.78. The molecule has 2 rings (SSSR count). The maximum atomic E-state index is 9.23. The van der Waals surface area contributed by atoms with E-state index in [-0.39, 0.29) is 6.04 Å². The highest BCUT2D eigenvalue weighted by Gasteiger charge is 2.14. The first kappa shape index (κ1) is 14.4. The van der Waals surface area contributed by atoms with Crippen molar-refractivity contribution in [3.63, 3.8) is 0 Å². The van der Waals surface area contributed by atoms with E-state index in [1.807, 2.05) is 12.1 Å². The number of ether oxygens (including phenoxy) is 1. The fraction of sp³-hybridized carbons (Fsp3) is 0.312. The summed E-state index contributed by atoms with van der Waals surface area (Å²) in [6, 6.07) is 12.1. The SMILES string of the molecule is CCCC(Nc1cc(OC)ccc1C#N)c1cccs1. The summed E-state index contributed by atoms with van der Waals surface area (Å²) in [7, 11) is 1.63. The van der Waals surface area contributed by atoms with Crippen LogP contribution in [0.25, 0.3) is 0 Å². The van der Waals surface area contributed by atoms with Gasteiger partial charge in [-0.2, -0.15) is 5.26 Å². The molecule has 1 aromatic carbocycles. The lowest BCUT2D eigenvalue weighted by molar-refractivity contribution is 0.415. The third-order valence-corrected chi connectivity index (χ3v) is 4.13. The Hall–Kier alpha value is -1.99. The van der Waals surface area contributed by atoms with Crippen molar-refractivity contribution < 1.29 is 4.74 Å². The zero-order valence-electron chi connectivity index (χ0n) is 11.7. The highest BCUT2D eigenvalue weighted by Crippen LogP contribution is 2.30. The van der Waals surface area contributed by atoms with Crippen LogP contribution in [0.1, 0.15) is 36.2 Å². The molecule has 0 aliphatic heterocycles. The molecule has 0 aliphatic carbocycles. The minimum Gasteiger partial charge on any atom is -0.497 e. The van der Waals surface area contributed by atoms with Crippen LogP contribution in [0.4, 0.5) is 5.69 Å². The molecule has 0 fully saturated rings. The topological polar surface area (TPSA) is 45.0 Å². The molecule has 0 amide bonds. The van der Waals surface area contributed by atoms with Gasteiger partial charge in [0, 0.05) is 10.9 Å². The molecule has 1 heterocycles. The molecule has 20 heavy (non-hydrogen) atoms. The molecular formula is C16H18N2OS. The number of nitriles is 1. The van der Waals surface area contributed by atoms with Gasteiger partial charge in [0.05, 0.1) is 24.4 Å². The van der Waals surface area contributed by atoms with Crippen LogP contribution in [-0.2, 0) is 0 Å². The van der Waals surface area contributed by atoms with Crippen LogP contribution < -0.4 is 10.1 Å². The number of hydrogen-bond acceptors (Lipinski definition) is 4. The molecule has 3 nitrogen and oxygen atoms in total. The predicted octanol–water partition coefficient (Wildman–Crippen LogP) is 4.58. The largest absolute Gasteiger partial charge is 0.497 e. The monoisotopic (exact) mass is 286 g/mol. The maximum Gasteiger partial charge on any atom is 0.121 e. The summed E-state index contributed by atoms with van der Waals surface area (Å²) < 4.78 is 5.24. The summed E-state index contributed by atoms with van der Waals surface area (Å²) in [6.45, 7) is 2.17. The minimum atomic E-state index is 0.235. The number of thiophene rings is 1. The quantitative estimate of drug-likeness (QED) is 0.845. The van der Waals surface area contributed by atoms with Gasteiger partial charge in [-0.25, -0.2) is 0 Å². The maximum absolute atomic E-state index is 9.23. The lowest BCUT2D eigenvalue weighted by Gasteiger charge is -2.19. The molecule has 0 saturated carbocycles. The molecule has 4 heteroatoms. The van der Waals surface area contributed by atoms with Crippen molar-refractivity contribution >= 4 is 17.0 Å². The van der Waals surface area contributed by atoms with E-state index in [9.17, 15) is 5.26 Å². The van der Waals surface area contributed by atoms with Gasteiger partial charge in [0.1, 0.15) is 11.8 Å². The van der Waals surface area contributed by atoms with Crippen molar-refractivity contribution in [1.82, 2.24) is 0 Å². The van der Waals surface area contributed by atoms with Gasteiger partial charge in [0.15, 0.2) is 0 Å². The number of anilines is 1. The van der Waals surface area contributed by atoms with Gasteiger partial charge < -0.3 is 10.1 Å². The number of hydrogen-bond donors (Lipinski definition) is 1. The standard InChI is InChI=1S/C16H18N2OS/c1-3-5-14(16-6-4-9-20-16)18-15-10-13(19-2)8-7-12(15)11-17/h4,6-10,14,18H,3,5H2,1-2H3. The van der Waals surface area contributed by atoms with Crippen molar-refractivity contribution in [2.45, 2.75) is 25.8 Å². The summed E-state index contributed by atoms with van der Waals surface area (Å²) in [5, 5.41) is 14.8. The van der Waals surface area contributed by atoms with Crippen LogP contribution in [0, 0.1) is 11.3 Å². The van der Waals surface area contributed by atoms with E-state index in [2.05, 4.69) is 35.8 Å². The lowest BCUT2D eigenvalue weighted by atomic mass is 10.1. The number of methoxy groups -OCH3 is 1. The van der Waals surface area contributed by atoms with E-state index in [4.69, 9.17) is 4.74 Å². The average Bonchev–Trinajstić information content (AvgIpc) is 3.00. The minimum absolute atomic E-state index is 0.235. The average molecular weight is 286 g/mol. The molecule has 104 valence electrons. The number of rotatable bonds is 6. The Morgan fingerprint density at radius 3 is 2.85 bits per heavy atom. The molecule has 1 aromatic heterocycles. The molecule has 0 spiro atoms. The van der Waals surface area contributed by atoms with Crippen molar-refractivity contribution in [2.24, 2.45) is 0 Å². The number of nitrogens with zero attached hydrogens (tertiary/aromatic N) is 1. The molecule has 2 aromatic rings. The molecule has 0 saturated heterocycles. The molecular weight excluding hydrogens is 268 g/mol. The second-order valence-electron chi connectivity index (χ2n) is 4.52. The molecule has 1 unspecified atom stereocenters. The van der Waals surface area contributed by atoms with Crippen LogP contribution in [0.3, 0.4) is 0 Å². The zero-order chi connectivity index (χ0) is 14.4. The van der Waals surface area contributed by atoms with Gasteiger partial charge in [0.25, 0.3) is 0 Å². The molecule has 0 bridgehead atoms. The Labute approximate surface area is 123 Å². The van der Waals surface area contributed by atoms with Crippen LogP contribution in [0.2, 0.25) is 0 Å². The van der Waals surface area contributed by atoms with E-state index in [0.29, 0.717) is 5.56 Å². The number of nitrogens with one attached hydrogen (secondary N) is 1. The second kappa shape index (κ2) is 6.97. The summed E-state index contributed by atoms with van der Waals surface area (Å²) in [5.41, 5.74) is 1.47. The number of benzene rings is 1. The second-order valence-corrected chi connectivity index (χ2v) is 5.50. The van der Waals surface area contributed by atoms with E-state index >= 15 is 0 Å². The molecule has 0 aliphatic rings. The zero-order valence-corrected chi connectivity index (χ0v) is 12.5. The van der Waals surface area contributed by atoms with Crippen LogP contribution >= 0.6 is 11.3 Å². The fourth-order valence-corrected chi connectivity index (χ4v) is 2.93. The normalized spacial score (nSPS) is 11.7. The van der Waals surface area contributed by atoms with Gasteiger partial charge in [-0.05, 0) is 30.0 Å². The first-order valence-electron chi connectivity index (χ1n) is 6.66. The van der Waals surface area contributed by atoms with Crippen molar-refractivity contribution in [2.75, 3.05) is 12.4 Å². The van der Waals surface area contributed by atoms with Crippen LogP contribution in [-0.4, -0.2) is 7.11 Å². The van der Waals surface area contributed by atoms with Crippen molar-refractivity contribution in [3.8, 4) is 11.8 Å². The molecule has 1 N–H and O–H groups in total.